The van der Waals surface area contributed by atoms with Crippen LogP contribution in [0, 0.1) is 0 Å². The molecule has 6 heteroatoms. The van der Waals surface area contributed by atoms with Gasteiger partial charge in [0.1, 0.15) is 0 Å². The highest BCUT2D eigenvalue weighted by Gasteiger charge is 2.22. The van der Waals surface area contributed by atoms with E-state index in [1.54, 1.807) is 13.1 Å². The molecule has 18 heavy (non-hydrogen) atoms. The van der Waals surface area contributed by atoms with Gasteiger partial charge in [0.15, 0.2) is 5.82 Å². The average Bonchev–Trinajstić information content (AvgIpc) is 2.77. The fraction of sp³-hybridized carbons (Fsp3) is 0.417. The summed E-state index contributed by atoms with van der Waals surface area (Å²) in [6, 6.07) is 5.65. The fourth-order valence-corrected chi connectivity index (χ4v) is 1.50. The van der Waals surface area contributed by atoms with E-state index in [4.69, 9.17) is 10.3 Å². The fourth-order valence-electron chi connectivity index (χ4n) is 1.50. The molecule has 0 spiro atoms. The van der Waals surface area contributed by atoms with Gasteiger partial charge in [-0.1, -0.05) is 11.2 Å². The van der Waals surface area contributed by atoms with Crippen LogP contribution in [0.25, 0.3) is 0 Å². The maximum Gasteiger partial charge on any atom is 0.229 e. The molecule has 1 atom stereocenters. The van der Waals surface area contributed by atoms with Crippen LogP contribution in [0.15, 0.2) is 28.9 Å². The van der Waals surface area contributed by atoms with Gasteiger partial charge in [0.2, 0.25) is 5.89 Å². The molecule has 0 fully saturated rings. The van der Waals surface area contributed by atoms with Gasteiger partial charge in [0, 0.05) is 18.4 Å². The van der Waals surface area contributed by atoms with Crippen molar-refractivity contribution in [1.82, 2.24) is 15.1 Å². The number of nitrogens with zero attached hydrogens (tertiary/aromatic N) is 3. The van der Waals surface area contributed by atoms with Crippen LogP contribution in [0.1, 0.15) is 24.3 Å². The van der Waals surface area contributed by atoms with Gasteiger partial charge in [0.05, 0.1) is 18.4 Å². The summed E-state index contributed by atoms with van der Waals surface area (Å²) in [6.07, 6.45) is 2.48. The number of aliphatic hydroxyl groups is 1. The summed E-state index contributed by atoms with van der Waals surface area (Å²) in [6.45, 7) is 1.78. The summed E-state index contributed by atoms with van der Waals surface area (Å²) < 4.78 is 5.07. The van der Waals surface area contributed by atoms with E-state index in [0.717, 1.165) is 5.69 Å². The normalized spacial score (nSPS) is 14.4. The SMILES string of the molecule is CC(O)(CN)Cc1nc(Cc2ccccn2)no1. The molecule has 0 aliphatic carbocycles. The Morgan fingerprint density at radius 2 is 2.28 bits per heavy atom. The minimum absolute atomic E-state index is 0.144. The molecular weight excluding hydrogens is 232 g/mol. The van der Waals surface area contributed by atoms with Crippen molar-refractivity contribution in [2.75, 3.05) is 6.54 Å². The second-order valence-electron chi connectivity index (χ2n) is 4.48. The first-order chi connectivity index (χ1) is 8.59. The minimum Gasteiger partial charge on any atom is -0.388 e. The van der Waals surface area contributed by atoms with Crippen molar-refractivity contribution in [2.45, 2.75) is 25.4 Å². The van der Waals surface area contributed by atoms with Crippen molar-refractivity contribution in [3.63, 3.8) is 0 Å². The van der Waals surface area contributed by atoms with Crippen molar-refractivity contribution in [2.24, 2.45) is 5.73 Å². The minimum atomic E-state index is -1.02. The van der Waals surface area contributed by atoms with Crippen molar-refractivity contribution >= 4 is 0 Å². The van der Waals surface area contributed by atoms with Crippen LogP contribution in [0.4, 0.5) is 0 Å². The van der Waals surface area contributed by atoms with E-state index in [2.05, 4.69) is 15.1 Å². The molecule has 6 nitrogen and oxygen atoms in total. The first kappa shape index (κ1) is 12.7. The number of aromatic nitrogens is 3. The Morgan fingerprint density at radius 1 is 1.44 bits per heavy atom. The molecule has 0 saturated carbocycles. The molecule has 0 radical (unpaired) electrons. The predicted octanol–water partition coefficient (Wildman–Crippen LogP) is 0.308. The number of rotatable bonds is 5. The molecule has 2 aromatic heterocycles. The molecule has 2 rings (SSSR count). The third-order valence-corrected chi connectivity index (χ3v) is 2.55. The molecule has 0 bridgehead atoms. The second-order valence-corrected chi connectivity index (χ2v) is 4.48. The Balaban J connectivity index is 2.03. The van der Waals surface area contributed by atoms with E-state index in [0.29, 0.717) is 18.1 Å². The van der Waals surface area contributed by atoms with Crippen LogP contribution in [-0.4, -0.2) is 32.4 Å². The maximum atomic E-state index is 9.81. The Labute approximate surface area is 105 Å². The lowest BCUT2D eigenvalue weighted by molar-refractivity contribution is 0.0610. The van der Waals surface area contributed by atoms with Crippen molar-refractivity contribution in [1.29, 1.82) is 0 Å². The number of pyridine rings is 1. The predicted molar refractivity (Wildman–Crippen MR) is 64.7 cm³/mol. The monoisotopic (exact) mass is 248 g/mol. The Kier molecular flexibility index (Phi) is 3.69. The van der Waals surface area contributed by atoms with Crippen LogP contribution in [-0.2, 0) is 12.8 Å². The van der Waals surface area contributed by atoms with Crippen LogP contribution in [0.3, 0.4) is 0 Å². The second kappa shape index (κ2) is 5.24. The number of hydrogen-bond donors (Lipinski definition) is 2. The van der Waals surface area contributed by atoms with Gasteiger partial charge in [-0.25, -0.2) is 0 Å². The van der Waals surface area contributed by atoms with Crippen molar-refractivity contribution < 1.29 is 9.63 Å². The Bertz CT molecular complexity index is 496. The molecular formula is C12H16N4O2. The molecule has 1 unspecified atom stereocenters. The highest BCUT2D eigenvalue weighted by Crippen LogP contribution is 2.11. The van der Waals surface area contributed by atoms with E-state index in [9.17, 15) is 5.11 Å². The third-order valence-electron chi connectivity index (χ3n) is 2.55. The van der Waals surface area contributed by atoms with Crippen LogP contribution >= 0.6 is 0 Å². The first-order valence-corrected chi connectivity index (χ1v) is 5.73. The molecule has 0 aliphatic heterocycles. The quantitative estimate of drug-likeness (QED) is 0.790. The molecule has 0 saturated heterocycles. The standard InChI is InChI=1S/C12H16N4O2/c1-12(17,8-13)7-11-15-10(16-18-11)6-9-4-2-3-5-14-9/h2-5,17H,6-8,13H2,1H3. The Morgan fingerprint density at radius 3 is 2.94 bits per heavy atom. The number of hydrogen-bond acceptors (Lipinski definition) is 6. The van der Waals surface area contributed by atoms with Gasteiger partial charge in [-0.3, -0.25) is 4.98 Å². The zero-order valence-corrected chi connectivity index (χ0v) is 10.2. The van der Waals surface area contributed by atoms with Crippen LogP contribution < -0.4 is 5.73 Å². The molecule has 3 N–H and O–H groups in total. The first-order valence-electron chi connectivity index (χ1n) is 5.73. The van der Waals surface area contributed by atoms with E-state index in [1.165, 1.54) is 0 Å². The van der Waals surface area contributed by atoms with Gasteiger partial charge < -0.3 is 15.4 Å². The van der Waals surface area contributed by atoms with E-state index < -0.39 is 5.60 Å². The average molecular weight is 248 g/mol. The summed E-state index contributed by atoms with van der Waals surface area (Å²) in [5.41, 5.74) is 5.29. The van der Waals surface area contributed by atoms with Crippen LogP contribution in [0.2, 0.25) is 0 Å². The lowest BCUT2D eigenvalue weighted by Crippen LogP contribution is -2.36. The Hall–Kier alpha value is -1.79. The van der Waals surface area contributed by atoms with E-state index in [1.807, 2.05) is 18.2 Å². The topological polar surface area (TPSA) is 98.1 Å². The third kappa shape index (κ3) is 3.35. The summed E-state index contributed by atoms with van der Waals surface area (Å²) in [7, 11) is 0. The molecule has 0 aromatic carbocycles. The lowest BCUT2D eigenvalue weighted by Gasteiger charge is -2.17. The zero-order valence-electron chi connectivity index (χ0n) is 10.2. The summed E-state index contributed by atoms with van der Waals surface area (Å²) in [5.74, 6) is 0.938. The molecule has 2 heterocycles. The molecule has 0 aliphatic rings. The number of nitrogens with two attached hydrogens (primary N) is 1. The molecule has 96 valence electrons. The highest BCUT2D eigenvalue weighted by molar-refractivity contribution is 5.09. The molecule has 0 amide bonds. The van der Waals surface area contributed by atoms with Gasteiger partial charge in [-0.15, -0.1) is 0 Å². The van der Waals surface area contributed by atoms with Gasteiger partial charge >= 0.3 is 0 Å². The summed E-state index contributed by atoms with van der Waals surface area (Å²) in [4.78, 5) is 8.39. The maximum absolute atomic E-state index is 9.81. The smallest absolute Gasteiger partial charge is 0.229 e. The van der Waals surface area contributed by atoms with E-state index >= 15 is 0 Å². The lowest BCUT2D eigenvalue weighted by atomic mass is 10.0. The zero-order chi connectivity index (χ0) is 13.0. The van der Waals surface area contributed by atoms with Crippen molar-refractivity contribution in [3.05, 3.63) is 41.8 Å². The summed E-state index contributed by atoms with van der Waals surface area (Å²) in [5, 5.41) is 13.7. The van der Waals surface area contributed by atoms with Crippen molar-refractivity contribution in [3.8, 4) is 0 Å². The highest BCUT2D eigenvalue weighted by atomic mass is 16.5. The van der Waals surface area contributed by atoms with Crippen LogP contribution in [0.5, 0.6) is 0 Å². The van der Waals surface area contributed by atoms with E-state index in [-0.39, 0.29) is 13.0 Å². The summed E-state index contributed by atoms with van der Waals surface area (Å²) >= 11 is 0. The van der Waals surface area contributed by atoms with Gasteiger partial charge in [-0.2, -0.15) is 4.98 Å². The van der Waals surface area contributed by atoms with Gasteiger partial charge in [-0.05, 0) is 19.1 Å². The van der Waals surface area contributed by atoms with Gasteiger partial charge in [0.25, 0.3) is 0 Å². The largest absolute Gasteiger partial charge is 0.388 e. The molecule has 2 aromatic rings.